The van der Waals surface area contributed by atoms with Crippen molar-refractivity contribution in [3.63, 3.8) is 0 Å². The van der Waals surface area contributed by atoms with Gasteiger partial charge in [0.1, 0.15) is 33.0 Å². The van der Waals surface area contributed by atoms with E-state index in [9.17, 15) is 13.2 Å². The van der Waals surface area contributed by atoms with Gasteiger partial charge >= 0.3 is 5.97 Å². The molecule has 10 heteroatoms. The molecule has 2 aliphatic heterocycles. The number of nitrogens with zero attached hydrogens (tertiary/aromatic N) is 1. The standard InChI is InChI=1S/C19H19NO8S/c1-24-19(21)12-20(13-2-4-15-17(10-13)27-8-6-25-15)29(22,23)14-3-5-16-18(11-14)28-9-7-26-16/h2-5,10-11H,6-9,12H2,1H3. The topological polar surface area (TPSA) is 101 Å². The predicted octanol–water partition coefficient (Wildman–Crippen LogP) is 1.60. The molecule has 0 amide bonds. The molecule has 0 bridgehead atoms. The maximum Gasteiger partial charge on any atom is 0.326 e. The van der Waals surface area contributed by atoms with E-state index >= 15 is 0 Å². The number of carbonyl (C=O) groups is 1. The summed E-state index contributed by atoms with van der Waals surface area (Å²) in [6.45, 7) is 0.971. The molecule has 2 heterocycles. The number of methoxy groups -OCH3 is 1. The molecule has 4 rings (SSSR count). The zero-order chi connectivity index (χ0) is 20.4. The number of anilines is 1. The lowest BCUT2D eigenvalue weighted by atomic mass is 10.2. The first-order chi connectivity index (χ1) is 14.0. The maximum absolute atomic E-state index is 13.4. The second kappa shape index (κ2) is 7.70. The van der Waals surface area contributed by atoms with Crippen LogP contribution in [0.15, 0.2) is 41.3 Å². The predicted molar refractivity (Wildman–Crippen MR) is 101 cm³/mol. The number of hydrogen-bond donors (Lipinski definition) is 0. The number of hydrogen-bond acceptors (Lipinski definition) is 8. The summed E-state index contributed by atoms with van der Waals surface area (Å²) in [6.07, 6.45) is 0. The molecule has 0 saturated heterocycles. The number of benzene rings is 2. The molecule has 0 aromatic heterocycles. The van der Waals surface area contributed by atoms with Crippen LogP contribution in [0.4, 0.5) is 5.69 Å². The summed E-state index contributed by atoms with van der Waals surface area (Å²) in [5.41, 5.74) is 0.245. The van der Waals surface area contributed by atoms with Crippen LogP contribution in [-0.2, 0) is 19.6 Å². The van der Waals surface area contributed by atoms with Gasteiger partial charge in [0, 0.05) is 12.1 Å². The monoisotopic (exact) mass is 421 g/mol. The summed E-state index contributed by atoms with van der Waals surface area (Å²) in [6, 6.07) is 8.99. The van der Waals surface area contributed by atoms with Crippen molar-refractivity contribution in [1.82, 2.24) is 0 Å². The summed E-state index contributed by atoms with van der Waals surface area (Å²) < 4.78 is 54.4. The summed E-state index contributed by atoms with van der Waals surface area (Å²) >= 11 is 0. The van der Waals surface area contributed by atoms with Gasteiger partial charge in [0.15, 0.2) is 23.0 Å². The van der Waals surface area contributed by atoms with Crippen molar-refractivity contribution in [2.45, 2.75) is 4.90 Å². The Balaban J connectivity index is 1.75. The quantitative estimate of drug-likeness (QED) is 0.671. The Bertz CT molecular complexity index is 1040. The highest BCUT2D eigenvalue weighted by atomic mass is 32.2. The fourth-order valence-electron chi connectivity index (χ4n) is 3.00. The van der Waals surface area contributed by atoms with Crippen LogP contribution in [0.3, 0.4) is 0 Å². The van der Waals surface area contributed by atoms with Gasteiger partial charge < -0.3 is 23.7 Å². The van der Waals surface area contributed by atoms with Gasteiger partial charge in [0.2, 0.25) is 0 Å². The molecule has 154 valence electrons. The number of carbonyl (C=O) groups excluding carboxylic acids is 1. The third-order valence-electron chi connectivity index (χ3n) is 4.42. The fraction of sp³-hybridized carbons (Fsp3) is 0.316. The molecule has 0 radical (unpaired) electrons. The van der Waals surface area contributed by atoms with Crippen molar-refractivity contribution in [3.05, 3.63) is 36.4 Å². The van der Waals surface area contributed by atoms with Gasteiger partial charge in [0.05, 0.1) is 17.7 Å². The molecule has 2 aromatic carbocycles. The smallest absolute Gasteiger partial charge is 0.326 e. The first kappa shape index (κ1) is 19.2. The third kappa shape index (κ3) is 3.75. The zero-order valence-electron chi connectivity index (χ0n) is 15.6. The fourth-order valence-corrected chi connectivity index (χ4v) is 4.41. The average molecular weight is 421 g/mol. The summed E-state index contributed by atoms with van der Waals surface area (Å²) in [5, 5.41) is 0. The summed E-state index contributed by atoms with van der Waals surface area (Å²) in [7, 11) is -2.92. The van der Waals surface area contributed by atoms with E-state index in [1.54, 1.807) is 12.1 Å². The lowest BCUT2D eigenvalue weighted by Gasteiger charge is -2.26. The van der Waals surface area contributed by atoms with Crippen molar-refractivity contribution >= 4 is 21.7 Å². The van der Waals surface area contributed by atoms with E-state index in [2.05, 4.69) is 0 Å². The molecule has 2 aromatic rings. The maximum atomic E-state index is 13.4. The lowest BCUT2D eigenvalue weighted by molar-refractivity contribution is -0.138. The third-order valence-corrected chi connectivity index (χ3v) is 6.19. The number of fused-ring (bicyclic) bond motifs is 2. The molecule has 0 aliphatic carbocycles. The second-order valence-corrected chi connectivity index (χ2v) is 8.08. The highest BCUT2D eigenvalue weighted by molar-refractivity contribution is 7.92. The highest BCUT2D eigenvalue weighted by Crippen LogP contribution is 2.37. The van der Waals surface area contributed by atoms with Crippen molar-refractivity contribution in [1.29, 1.82) is 0 Å². The van der Waals surface area contributed by atoms with Crippen LogP contribution in [-0.4, -0.2) is 54.5 Å². The number of esters is 1. The van der Waals surface area contributed by atoms with Crippen LogP contribution in [0.5, 0.6) is 23.0 Å². The van der Waals surface area contributed by atoms with E-state index in [4.69, 9.17) is 23.7 Å². The van der Waals surface area contributed by atoms with Crippen LogP contribution in [0, 0.1) is 0 Å². The average Bonchev–Trinajstić information content (AvgIpc) is 2.76. The minimum Gasteiger partial charge on any atom is -0.486 e. The number of rotatable bonds is 5. The Labute approximate surface area is 167 Å². The van der Waals surface area contributed by atoms with Crippen LogP contribution in [0.2, 0.25) is 0 Å². The lowest BCUT2D eigenvalue weighted by Crippen LogP contribution is -2.36. The van der Waals surface area contributed by atoms with Crippen molar-refractivity contribution in [3.8, 4) is 23.0 Å². The van der Waals surface area contributed by atoms with Gasteiger partial charge in [-0.25, -0.2) is 8.42 Å². The SMILES string of the molecule is COC(=O)CN(c1ccc2c(c1)OCCO2)S(=O)(=O)c1ccc2c(c1)OCCO2. The number of ether oxygens (including phenoxy) is 5. The highest BCUT2D eigenvalue weighted by Gasteiger charge is 2.30. The minimum absolute atomic E-state index is 0.0412. The van der Waals surface area contributed by atoms with Gasteiger partial charge in [-0.15, -0.1) is 0 Å². The van der Waals surface area contributed by atoms with Gasteiger partial charge in [-0.2, -0.15) is 0 Å². The molecule has 0 spiro atoms. The Morgan fingerprint density at radius 1 is 0.897 bits per heavy atom. The van der Waals surface area contributed by atoms with E-state index in [1.165, 1.54) is 31.4 Å². The first-order valence-electron chi connectivity index (χ1n) is 8.88. The molecule has 0 N–H and O–H groups in total. The van der Waals surface area contributed by atoms with Crippen molar-refractivity contribution < 1.29 is 36.9 Å². The van der Waals surface area contributed by atoms with E-state index < -0.39 is 22.5 Å². The molecule has 0 saturated carbocycles. The molecule has 0 fully saturated rings. The van der Waals surface area contributed by atoms with Gasteiger partial charge in [-0.1, -0.05) is 0 Å². The largest absolute Gasteiger partial charge is 0.486 e. The molecule has 2 aliphatic rings. The minimum atomic E-state index is -4.12. The molecule has 9 nitrogen and oxygen atoms in total. The Kier molecular flexibility index (Phi) is 5.10. The van der Waals surface area contributed by atoms with Crippen molar-refractivity contribution in [2.75, 3.05) is 44.4 Å². The molecular formula is C19H19NO8S. The summed E-state index contributed by atoms with van der Waals surface area (Å²) in [4.78, 5) is 11.9. The van der Waals surface area contributed by atoms with Crippen molar-refractivity contribution in [2.24, 2.45) is 0 Å². The second-order valence-electron chi connectivity index (χ2n) is 6.22. The molecule has 0 unspecified atom stereocenters. The van der Waals surface area contributed by atoms with Gasteiger partial charge in [-0.3, -0.25) is 9.10 Å². The van der Waals surface area contributed by atoms with Gasteiger partial charge in [0.25, 0.3) is 10.0 Å². The van der Waals surface area contributed by atoms with E-state index in [1.807, 2.05) is 0 Å². The molecule has 29 heavy (non-hydrogen) atoms. The van der Waals surface area contributed by atoms with Crippen LogP contribution in [0.25, 0.3) is 0 Å². The Hall–Kier alpha value is -3.14. The van der Waals surface area contributed by atoms with Gasteiger partial charge in [-0.05, 0) is 24.3 Å². The van der Waals surface area contributed by atoms with E-state index in [-0.39, 0.29) is 10.6 Å². The van der Waals surface area contributed by atoms with Crippen LogP contribution < -0.4 is 23.3 Å². The first-order valence-corrected chi connectivity index (χ1v) is 10.3. The molecular weight excluding hydrogens is 402 g/mol. The van der Waals surface area contributed by atoms with E-state index in [0.717, 1.165) is 4.31 Å². The number of sulfonamides is 1. The normalized spacial score (nSPS) is 14.8. The Morgan fingerprint density at radius 3 is 2.07 bits per heavy atom. The van der Waals surface area contributed by atoms with E-state index in [0.29, 0.717) is 49.4 Å². The summed E-state index contributed by atoms with van der Waals surface area (Å²) in [5.74, 6) is 1.00. The zero-order valence-corrected chi connectivity index (χ0v) is 16.4. The van der Waals surface area contributed by atoms with Crippen LogP contribution in [0.1, 0.15) is 0 Å². The molecule has 0 atom stereocenters. The van der Waals surface area contributed by atoms with Crippen LogP contribution >= 0.6 is 0 Å². The Morgan fingerprint density at radius 2 is 1.45 bits per heavy atom.